The Bertz CT molecular complexity index is 248. The number of carbonyl (C=O) groups is 1. The number of amides is 2. The fourth-order valence-electron chi connectivity index (χ4n) is 0.250. The van der Waals surface area contributed by atoms with Crippen molar-refractivity contribution in [1.82, 2.24) is 15.4 Å². The lowest BCUT2D eigenvalue weighted by Gasteiger charge is -1.71. The van der Waals surface area contributed by atoms with Crippen LogP contribution in [0.25, 0.3) is 0 Å². The summed E-state index contributed by atoms with van der Waals surface area (Å²) >= 11 is 0. The van der Waals surface area contributed by atoms with Crippen LogP contribution in [0.2, 0.25) is 0 Å². The number of nitrogens with zero attached hydrogens (tertiary/aromatic N) is 2. The van der Waals surface area contributed by atoms with Crippen molar-refractivity contribution in [2.24, 2.45) is 11.5 Å². The van der Waals surface area contributed by atoms with Crippen molar-refractivity contribution in [1.29, 1.82) is 0 Å². The molecule has 0 aliphatic rings. The van der Waals surface area contributed by atoms with Gasteiger partial charge >= 0.3 is 6.03 Å². The molecule has 1 aromatic rings. The lowest BCUT2D eigenvalue weighted by molar-refractivity contribution is 0.256. The molecule has 0 aliphatic heterocycles. The minimum Gasteiger partial charge on any atom is -0.352 e. The maximum absolute atomic E-state index is 10.1. The molecule has 0 aliphatic carbocycles. The number of H-pyrrole nitrogens is 1. The quantitative estimate of drug-likeness (QED) is 0.410. The highest BCUT2D eigenvalue weighted by Crippen LogP contribution is 1.52. The molecule has 7 nitrogen and oxygen atoms in total. The zero-order valence-electron chi connectivity index (χ0n) is 5.52. The van der Waals surface area contributed by atoms with Gasteiger partial charge in [-0.05, 0) is 0 Å². The van der Waals surface area contributed by atoms with Gasteiger partial charge in [-0.1, -0.05) is 5.21 Å². The highest BCUT2D eigenvalue weighted by molar-refractivity contribution is 5.69. The maximum Gasteiger partial charge on any atom is 0.309 e. The fourth-order valence-corrected chi connectivity index (χ4v) is 0.250. The van der Waals surface area contributed by atoms with Crippen LogP contribution >= 0.6 is 0 Å². The first-order chi connectivity index (χ1) is 5.13. The number of aromatic amines is 1. The van der Waals surface area contributed by atoms with Crippen LogP contribution in [0.1, 0.15) is 0 Å². The SMILES string of the molecule is NC(N)=O.O=c1ccnn[nH]1. The van der Waals surface area contributed by atoms with Crippen LogP contribution in [0.4, 0.5) is 4.79 Å². The molecule has 1 heterocycles. The topological polar surface area (TPSA) is 128 Å². The molecule has 5 N–H and O–H groups in total. The molecule has 0 aromatic carbocycles. The van der Waals surface area contributed by atoms with E-state index in [-0.39, 0.29) is 5.56 Å². The first-order valence-electron chi connectivity index (χ1n) is 2.54. The largest absolute Gasteiger partial charge is 0.352 e. The predicted octanol–water partition coefficient (Wildman–Crippen LogP) is -1.81. The molecule has 0 fully saturated rings. The minimum absolute atomic E-state index is 0.227. The van der Waals surface area contributed by atoms with E-state index in [1.165, 1.54) is 12.3 Å². The van der Waals surface area contributed by atoms with Gasteiger partial charge in [0.15, 0.2) is 0 Å². The van der Waals surface area contributed by atoms with Gasteiger partial charge in [0.25, 0.3) is 5.56 Å². The molecule has 7 heteroatoms. The summed E-state index contributed by atoms with van der Waals surface area (Å²) in [7, 11) is 0. The van der Waals surface area contributed by atoms with Gasteiger partial charge in [-0.25, -0.2) is 9.89 Å². The number of nitrogens with two attached hydrogens (primary N) is 2. The van der Waals surface area contributed by atoms with Gasteiger partial charge in [-0.3, -0.25) is 4.79 Å². The summed E-state index contributed by atoms with van der Waals surface area (Å²) in [5, 5.41) is 8.65. The van der Waals surface area contributed by atoms with E-state index in [0.717, 1.165) is 0 Å². The average molecular weight is 157 g/mol. The first-order valence-corrected chi connectivity index (χ1v) is 2.54. The highest BCUT2D eigenvalue weighted by Gasteiger charge is 1.71. The average Bonchev–Trinajstić information content (AvgIpc) is 1.87. The number of nitrogens with one attached hydrogen (secondary N) is 1. The number of carbonyl (C=O) groups excluding carboxylic acids is 1. The summed E-state index contributed by atoms with van der Waals surface area (Å²) in [6, 6.07) is 0.465. The van der Waals surface area contributed by atoms with E-state index in [4.69, 9.17) is 4.79 Å². The summed E-state index contributed by atoms with van der Waals surface area (Å²) < 4.78 is 0. The first kappa shape index (κ1) is 9.08. The van der Waals surface area contributed by atoms with Crippen LogP contribution in [-0.2, 0) is 0 Å². The minimum atomic E-state index is -0.833. The van der Waals surface area contributed by atoms with E-state index in [1.54, 1.807) is 0 Å². The number of hydrogen-bond donors (Lipinski definition) is 3. The van der Waals surface area contributed by atoms with Crippen molar-refractivity contribution in [2.75, 3.05) is 0 Å². The zero-order valence-corrected chi connectivity index (χ0v) is 5.52. The second-order valence-corrected chi connectivity index (χ2v) is 1.41. The van der Waals surface area contributed by atoms with Gasteiger partial charge < -0.3 is 11.5 Å². The lowest BCUT2D eigenvalue weighted by Crippen LogP contribution is -2.18. The Morgan fingerprint density at radius 3 is 2.27 bits per heavy atom. The summed E-state index contributed by atoms with van der Waals surface area (Å²) in [6.45, 7) is 0. The smallest absolute Gasteiger partial charge is 0.309 e. The number of primary amides is 2. The molecule has 0 spiro atoms. The summed E-state index contributed by atoms with van der Waals surface area (Å²) in [5.41, 5.74) is 8.27. The molecule has 1 aromatic heterocycles. The van der Waals surface area contributed by atoms with Crippen molar-refractivity contribution in [3.8, 4) is 0 Å². The molecule has 60 valence electrons. The van der Waals surface area contributed by atoms with Gasteiger partial charge in [0, 0.05) is 6.07 Å². The third-order valence-electron chi connectivity index (χ3n) is 0.511. The number of rotatable bonds is 0. The van der Waals surface area contributed by atoms with Gasteiger partial charge in [0.1, 0.15) is 0 Å². The molecule has 0 bridgehead atoms. The zero-order chi connectivity index (χ0) is 8.69. The van der Waals surface area contributed by atoms with E-state index < -0.39 is 6.03 Å². The second kappa shape index (κ2) is 4.91. The molecular formula is C4H7N5O2. The normalized spacial score (nSPS) is 7.64. The maximum atomic E-state index is 10.1. The number of hydrogen-bond acceptors (Lipinski definition) is 4. The Hall–Kier alpha value is -1.92. The van der Waals surface area contributed by atoms with Crippen molar-refractivity contribution in [2.45, 2.75) is 0 Å². The molecule has 0 atom stereocenters. The molecule has 0 radical (unpaired) electrons. The Morgan fingerprint density at radius 1 is 1.55 bits per heavy atom. The summed E-state index contributed by atoms with van der Waals surface area (Å²) in [5.74, 6) is 0. The molecular weight excluding hydrogens is 150 g/mol. The van der Waals surface area contributed by atoms with Gasteiger partial charge in [0.2, 0.25) is 0 Å². The van der Waals surface area contributed by atoms with Gasteiger partial charge in [-0.15, -0.1) is 5.10 Å². The van der Waals surface area contributed by atoms with Gasteiger partial charge in [0.05, 0.1) is 6.20 Å². The van der Waals surface area contributed by atoms with E-state index in [1.807, 2.05) is 0 Å². The van der Waals surface area contributed by atoms with E-state index >= 15 is 0 Å². The van der Waals surface area contributed by atoms with Crippen LogP contribution < -0.4 is 17.0 Å². The number of urea groups is 1. The highest BCUT2D eigenvalue weighted by atomic mass is 16.2. The van der Waals surface area contributed by atoms with E-state index in [2.05, 4.69) is 26.9 Å². The van der Waals surface area contributed by atoms with E-state index in [9.17, 15) is 4.79 Å². The molecule has 1 rings (SSSR count). The Kier molecular flexibility index (Phi) is 4.06. The standard InChI is InChI=1S/C3H3N3O.CH4N2O/c7-3-1-2-4-6-5-3;2-1(3)4/h1-2H,(H,4,5,7);(H4,2,3,4). The van der Waals surface area contributed by atoms with Crippen LogP contribution in [-0.4, -0.2) is 21.4 Å². The van der Waals surface area contributed by atoms with Crippen molar-refractivity contribution < 1.29 is 4.79 Å². The monoisotopic (exact) mass is 157 g/mol. The fraction of sp³-hybridized carbons (Fsp3) is 0. The third kappa shape index (κ3) is 8.08. The van der Waals surface area contributed by atoms with Crippen LogP contribution in [0.15, 0.2) is 17.1 Å². The molecule has 2 amide bonds. The van der Waals surface area contributed by atoms with Crippen LogP contribution in [0.3, 0.4) is 0 Å². The summed E-state index contributed by atoms with van der Waals surface area (Å²) in [6.07, 6.45) is 1.33. The molecule has 0 saturated carbocycles. The van der Waals surface area contributed by atoms with Gasteiger partial charge in [-0.2, -0.15) is 0 Å². The molecule has 0 saturated heterocycles. The predicted molar refractivity (Wildman–Crippen MR) is 36.4 cm³/mol. The Morgan fingerprint density at radius 2 is 2.09 bits per heavy atom. The second-order valence-electron chi connectivity index (χ2n) is 1.41. The lowest BCUT2D eigenvalue weighted by atomic mass is 10.7. The van der Waals surface area contributed by atoms with Crippen molar-refractivity contribution in [3.63, 3.8) is 0 Å². The third-order valence-corrected chi connectivity index (χ3v) is 0.511. The van der Waals surface area contributed by atoms with Crippen LogP contribution in [0, 0.1) is 0 Å². The Labute approximate surface area is 61.4 Å². The summed E-state index contributed by atoms with van der Waals surface area (Å²) in [4.78, 5) is 19.1. The van der Waals surface area contributed by atoms with Crippen LogP contribution in [0.5, 0.6) is 0 Å². The molecule has 11 heavy (non-hydrogen) atoms. The van der Waals surface area contributed by atoms with E-state index in [0.29, 0.717) is 0 Å². The Balaban J connectivity index is 0.000000218. The van der Waals surface area contributed by atoms with Crippen molar-refractivity contribution >= 4 is 6.03 Å². The number of aromatic nitrogens is 3. The molecule has 0 unspecified atom stereocenters. The van der Waals surface area contributed by atoms with Crippen molar-refractivity contribution in [3.05, 3.63) is 22.6 Å².